The first kappa shape index (κ1) is 19.3. The van der Waals surface area contributed by atoms with Crippen molar-refractivity contribution in [1.29, 1.82) is 0 Å². The lowest BCUT2D eigenvalue weighted by Gasteiger charge is -2.39. The average Bonchev–Trinajstić information content (AvgIpc) is 2.44. The van der Waals surface area contributed by atoms with Crippen LogP contribution in [0.4, 0.5) is 0 Å². The zero-order valence-corrected chi connectivity index (χ0v) is 13.5. The van der Waals surface area contributed by atoms with E-state index in [2.05, 4.69) is 0 Å². The SMILES string of the molecule is CC(=O)OCC1OC(OCCN)CC(OC(C)=O)[C@@H]1OC(C)=O. The van der Waals surface area contributed by atoms with Crippen molar-refractivity contribution in [3.63, 3.8) is 0 Å². The van der Waals surface area contributed by atoms with Gasteiger partial charge in [-0.15, -0.1) is 0 Å². The van der Waals surface area contributed by atoms with Gasteiger partial charge >= 0.3 is 17.9 Å². The topological polar surface area (TPSA) is 123 Å². The molecule has 1 saturated heterocycles. The van der Waals surface area contributed by atoms with Crippen LogP contribution in [0.5, 0.6) is 0 Å². The van der Waals surface area contributed by atoms with Gasteiger partial charge in [-0.25, -0.2) is 0 Å². The maximum absolute atomic E-state index is 11.3. The molecule has 1 aliphatic rings. The number of nitrogens with two attached hydrogens (primary N) is 1. The minimum absolute atomic E-state index is 0.159. The lowest BCUT2D eigenvalue weighted by atomic mass is 10.0. The van der Waals surface area contributed by atoms with Crippen molar-refractivity contribution in [2.75, 3.05) is 19.8 Å². The van der Waals surface area contributed by atoms with Gasteiger partial charge in [-0.2, -0.15) is 0 Å². The summed E-state index contributed by atoms with van der Waals surface area (Å²) < 4.78 is 26.4. The largest absolute Gasteiger partial charge is 0.463 e. The molecule has 1 rings (SSSR count). The molecule has 0 saturated carbocycles. The van der Waals surface area contributed by atoms with E-state index >= 15 is 0 Å². The van der Waals surface area contributed by atoms with Crippen LogP contribution < -0.4 is 5.73 Å². The zero-order valence-electron chi connectivity index (χ0n) is 13.5. The molecule has 9 heteroatoms. The quantitative estimate of drug-likeness (QED) is 0.485. The lowest BCUT2D eigenvalue weighted by Crippen LogP contribution is -2.54. The van der Waals surface area contributed by atoms with E-state index in [9.17, 15) is 14.4 Å². The molecule has 0 amide bonds. The van der Waals surface area contributed by atoms with Crippen molar-refractivity contribution in [1.82, 2.24) is 0 Å². The Hall–Kier alpha value is -1.71. The Morgan fingerprint density at radius 3 is 2.26 bits per heavy atom. The summed E-state index contributed by atoms with van der Waals surface area (Å²) in [5.41, 5.74) is 5.38. The Morgan fingerprint density at radius 1 is 1.09 bits per heavy atom. The molecule has 0 aromatic heterocycles. The summed E-state index contributed by atoms with van der Waals surface area (Å²) in [5.74, 6) is -1.60. The number of carbonyl (C=O) groups is 3. The van der Waals surface area contributed by atoms with Gasteiger partial charge in [0, 0.05) is 33.7 Å². The van der Waals surface area contributed by atoms with E-state index in [-0.39, 0.29) is 19.6 Å². The number of hydrogen-bond acceptors (Lipinski definition) is 9. The van der Waals surface area contributed by atoms with E-state index in [0.29, 0.717) is 6.54 Å². The summed E-state index contributed by atoms with van der Waals surface area (Å²) in [6.07, 6.45) is -3.02. The summed E-state index contributed by atoms with van der Waals surface area (Å²) in [7, 11) is 0. The van der Waals surface area contributed by atoms with Crippen LogP contribution in [0.25, 0.3) is 0 Å². The van der Waals surface area contributed by atoms with Gasteiger partial charge in [0.05, 0.1) is 6.61 Å². The molecule has 2 N–H and O–H groups in total. The van der Waals surface area contributed by atoms with E-state index in [0.717, 1.165) is 0 Å². The van der Waals surface area contributed by atoms with E-state index in [1.54, 1.807) is 0 Å². The van der Waals surface area contributed by atoms with Crippen molar-refractivity contribution in [2.45, 2.75) is 51.8 Å². The summed E-state index contributed by atoms with van der Waals surface area (Å²) in [4.78, 5) is 33.6. The molecule has 132 valence electrons. The first-order valence-corrected chi connectivity index (χ1v) is 7.28. The van der Waals surface area contributed by atoms with E-state index in [1.165, 1.54) is 20.8 Å². The second kappa shape index (κ2) is 9.43. The van der Waals surface area contributed by atoms with Crippen LogP contribution in [0.3, 0.4) is 0 Å². The molecule has 0 bridgehead atoms. The third-order valence-corrected chi connectivity index (χ3v) is 2.98. The van der Waals surface area contributed by atoms with E-state index in [4.69, 9.17) is 29.4 Å². The highest BCUT2D eigenvalue weighted by atomic mass is 16.7. The van der Waals surface area contributed by atoms with Crippen LogP contribution in [0.1, 0.15) is 27.2 Å². The highest BCUT2D eigenvalue weighted by Crippen LogP contribution is 2.26. The van der Waals surface area contributed by atoms with Gasteiger partial charge in [-0.3, -0.25) is 14.4 Å². The fraction of sp³-hybridized carbons (Fsp3) is 0.786. The Bertz CT molecular complexity index is 427. The molecule has 0 aromatic rings. The van der Waals surface area contributed by atoms with Gasteiger partial charge < -0.3 is 29.4 Å². The Morgan fingerprint density at radius 2 is 1.74 bits per heavy atom. The maximum Gasteiger partial charge on any atom is 0.303 e. The van der Waals surface area contributed by atoms with Gasteiger partial charge in [0.15, 0.2) is 12.4 Å². The molecule has 1 aliphatic heterocycles. The van der Waals surface area contributed by atoms with Gasteiger partial charge in [-0.05, 0) is 0 Å². The Balaban J connectivity index is 2.88. The number of esters is 3. The molecule has 23 heavy (non-hydrogen) atoms. The summed E-state index contributed by atoms with van der Waals surface area (Å²) in [6, 6.07) is 0. The van der Waals surface area contributed by atoms with Crippen molar-refractivity contribution in [3.05, 3.63) is 0 Å². The molecular weight excluding hydrogens is 310 g/mol. The van der Waals surface area contributed by atoms with Gasteiger partial charge in [-0.1, -0.05) is 0 Å². The molecule has 0 aliphatic carbocycles. The first-order chi connectivity index (χ1) is 10.8. The van der Waals surface area contributed by atoms with Crippen molar-refractivity contribution < 1.29 is 38.1 Å². The van der Waals surface area contributed by atoms with Crippen LogP contribution in [0.15, 0.2) is 0 Å². The van der Waals surface area contributed by atoms with Crippen LogP contribution in [0.2, 0.25) is 0 Å². The summed E-state index contributed by atoms with van der Waals surface area (Å²) in [5, 5.41) is 0. The van der Waals surface area contributed by atoms with Gasteiger partial charge in [0.1, 0.15) is 18.8 Å². The fourth-order valence-corrected chi connectivity index (χ4v) is 2.20. The minimum Gasteiger partial charge on any atom is -0.463 e. The van der Waals surface area contributed by atoms with Crippen molar-refractivity contribution in [3.8, 4) is 0 Å². The Kier molecular flexibility index (Phi) is 7.93. The number of hydrogen-bond donors (Lipinski definition) is 1. The van der Waals surface area contributed by atoms with Crippen molar-refractivity contribution >= 4 is 17.9 Å². The number of carbonyl (C=O) groups excluding carboxylic acids is 3. The molecule has 1 fully saturated rings. The number of ether oxygens (including phenoxy) is 5. The molecule has 1 heterocycles. The molecular formula is C14H23NO8. The third kappa shape index (κ3) is 6.93. The Labute approximate surface area is 134 Å². The molecule has 3 unspecified atom stereocenters. The summed E-state index contributed by atoms with van der Waals surface area (Å²) in [6.45, 7) is 4.10. The molecule has 4 atom stereocenters. The first-order valence-electron chi connectivity index (χ1n) is 7.28. The zero-order chi connectivity index (χ0) is 17.4. The maximum atomic E-state index is 11.3. The van der Waals surface area contributed by atoms with Gasteiger partial charge in [0.2, 0.25) is 0 Å². The minimum atomic E-state index is -0.895. The average molecular weight is 333 g/mol. The molecule has 0 aromatic carbocycles. The van der Waals surface area contributed by atoms with Gasteiger partial charge in [0.25, 0.3) is 0 Å². The predicted molar refractivity (Wildman–Crippen MR) is 76.0 cm³/mol. The smallest absolute Gasteiger partial charge is 0.303 e. The highest BCUT2D eigenvalue weighted by Gasteiger charge is 2.44. The molecule has 9 nitrogen and oxygen atoms in total. The monoisotopic (exact) mass is 333 g/mol. The predicted octanol–water partition coefficient (Wildman–Crippen LogP) is -0.497. The lowest BCUT2D eigenvalue weighted by molar-refractivity contribution is -0.265. The molecule has 0 spiro atoms. The standard InChI is InChI=1S/C14H23NO8/c1-8(16)20-7-12-14(22-10(3)18)11(21-9(2)17)6-13(23-12)19-5-4-15/h11-14H,4-7,15H2,1-3H3/t11?,12?,13?,14-/m0/s1. The van der Waals surface area contributed by atoms with Crippen LogP contribution in [-0.4, -0.2) is 62.3 Å². The van der Waals surface area contributed by atoms with E-state index < -0.39 is 42.5 Å². The van der Waals surface area contributed by atoms with Crippen LogP contribution in [0, 0.1) is 0 Å². The fourth-order valence-electron chi connectivity index (χ4n) is 2.20. The van der Waals surface area contributed by atoms with E-state index in [1.807, 2.05) is 0 Å². The second-order valence-electron chi connectivity index (χ2n) is 5.02. The second-order valence-corrected chi connectivity index (χ2v) is 5.02. The number of rotatable bonds is 7. The van der Waals surface area contributed by atoms with Crippen LogP contribution >= 0.6 is 0 Å². The summed E-state index contributed by atoms with van der Waals surface area (Å²) >= 11 is 0. The highest BCUT2D eigenvalue weighted by molar-refractivity contribution is 5.67. The van der Waals surface area contributed by atoms with Crippen molar-refractivity contribution in [2.24, 2.45) is 5.73 Å². The third-order valence-electron chi connectivity index (χ3n) is 2.98. The molecule has 0 radical (unpaired) electrons. The van der Waals surface area contributed by atoms with Crippen LogP contribution in [-0.2, 0) is 38.1 Å². The normalized spacial score (nSPS) is 27.1.